The third-order valence-electron chi connectivity index (χ3n) is 9.79. The summed E-state index contributed by atoms with van der Waals surface area (Å²) in [6.45, 7) is 7.76. The number of nitriles is 1. The maximum absolute atomic E-state index is 12.5. The summed E-state index contributed by atoms with van der Waals surface area (Å²) in [7, 11) is 0. The predicted molar refractivity (Wildman–Crippen MR) is 117 cm³/mol. The molecule has 32 heavy (non-hydrogen) atoms. The Hall–Kier alpha value is -1.68. The largest absolute Gasteiger partial charge is 0.462 e. The zero-order valence-corrected chi connectivity index (χ0v) is 19.5. The summed E-state index contributed by atoms with van der Waals surface area (Å²) in [4.78, 5) is 12.5. The molecule has 1 spiro atoms. The van der Waals surface area contributed by atoms with E-state index in [1.54, 1.807) is 6.92 Å². The van der Waals surface area contributed by atoms with Crippen LogP contribution in [0.4, 0.5) is 0 Å². The van der Waals surface area contributed by atoms with Gasteiger partial charge < -0.3 is 19.3 Å². The van der Waals surface area contributed by atoms with Gasteiger partial charge in [0.15, 0.2) is 5.79 Å². The highest BCUT2D eigenvalue weighted by atomic mass is 16.7. The molecule has 174 valence electrons. The molecule has 0 amide bonds. The van der Waals surface area contributed by atoms with Gasteiger partial charge in [-0.2, -0.15) is 5.26 Å². The Balaban J connectivity index is 1.49. The molecule has 6 heteroatoms. The Morgan fingerprint density at radius 1 is 1.22 bits per heavy atom. The highest BCUT2D eigenvalue weighted by molar-refractivity contribution is 5.94. The summed E-state index contributed by atoms with van der Waals surface area (Å²) in [6.07, 6.45) is 8.67. The van der Waals surface area contributed by atoms with E-state index in [-0.39, 0.29) is 34.8 Å². The first kappa shape index (κ1) is 22.1. The van der Waals surface area contributed by atoms with E-state index in [1.165, 1.54) is 5.57 Å². The van der Waals surface area contributed by atoms with Crippen LogP contribution in [0.1, 0.15) is 72.1 Å². The van der Waals surface area contributed by atoms with Gasteiger partial charge in [-0.05, 0) is 68.3 Å². The van der Waals surface area contributed by atoms with Crippen molar-refractivity contribution in [1.29, 1.82) is 5.26 Å². The summed E-state index contributed by atoms with van der Waals surface area (Å²) in [5.74, 6) is -0.630. The van der Waals surface area contributed by atoms with Crippen molar-refractivity contribution in [2.45, 2.75) is 83.5 Å². The molecule has 0 aromatic carbocycles. The molecule has 1 N–H and O–H groups in total. The van der Waals surface area contributed by atoms with Gasteiger partial charge in [0.25, 0.3) is 0 Å². The van der Waals surface area contributed by atoms with Crippen molar-refractivity contribution >= 4 is 5.97 Å². The van der Waals surface area contributed by atoms with Gasteiger partial charge in [0.1, 0.15) is 11.6 Å². The lowest BCUT2D eigenvalue weighted by molar-refractivity contribution is -0.218. The molecule has 4 aliphatic carbocycles. The highest BCUT2D eigenvalue weighted by Gasteiger charge is 2.66. The number of rotatable bonds is 2. The van der Waals surface area contributed by atoms with E-state index >= 15 is 0 Å². The fraction of sp³-hybridized carbons (Fsp3) is 0.769. The van der Waals surface area contributed by atoms with Gasteiger partial charge >= 0.3 is 5.97 Å². The molecule has 0 aromatic rings. The molecule has 1 heterocycles. The van der Waals surface area contributed by atoms with Crippen LogP contribution in [0, 0.1) is 34.0 Å². The molecule has 0 bridgehead atoms. The molecule has 1 aliphatic heterocycles. The fourth-order valence-electron chi connectivity index (χ4n) is 7.95. The second kappa shape index (κ2) is 7.41. The third-order valence-corrected chi connectivity index (χ3v) is 9.79. The van der Waals surface area contributed by atoms with Crippen molar-refractivity contribution in [2.24, 2.45) is 22.7 Å². The lowest BCUT2D eigenvalue weighted by atomic mass is 9.45. The number of nitrogens with zero attached hydrogens (tertiary/aromatic N) is 1. The zero-order chi connectivity index (χ0) is 22.8. The number of carbonyl (C=O) groups is 1. The van der Waals surface area contributed by atoms with Crippen LogP contribution in [0.25, 0.3) is 0 Å². The number of hydrogen-bond acceptors (Lipinski definition) is 6. The van der Waals surface area contributed by atoms with Crippen molar-refractivity contribution in [3.05, 3.63) is 22.8 Å². The summed E-state index contributed by atoms with van der Waals surface area (Å²) in [5.41, 5.74) is 1.10. The molecule has 5 aliphatic rings. The normalized spacial score (nSPS) is 43.5. The van der Waals surface area contributed by atoms with Crippen LogP contribution < -0.4 is 0 Å². The number of carbonyl (C=O) groups excluding carboxylic acids is 1. The van der Waals surface area contributed by atoms with Gasteiger partial charge in [-0.1, -0.05) is 25.5 Å². The minimum absolute atomic E-state index is 0.120. The zero-order valence-electron chi connectivity index (χ0n) is 19.5. The summed E-state index contributed by atoms with van der Waals surface area (Å²) < 4.78 is 17.2. The molecule has 1 saturated heterocycles. The SMILES string of the molecule is CCOC(=O)/C(C#N)=C1\CC[C@H]2[C@@H]3CC=C4CC5(CC[C@]4(C)[C@@]3(O)CC[C@]12C)OCCO5. The van der Waals surface area contributed by atoms with Gasteiger partial charge in [-0.3, -0.25) is 0 Å². The quantitative estimate of drug-likeness (QED) is 0.299. The average Bonchev–Trinajstić information content (AvgIpc) is 3.36. The molecule has 0 unspecified atom stereocenters. The van der Waals surface area contributed by atoms with Crippen LogP contribution in [0.3, 0.4) is 0 Å². The summed E-state index contributed by atoms with van der Waals surface area (Å²) in [5, 5.41) is 22.1. The lowest BCUT2D eigenvalue weighted by Crippen LogP contribution is -2.63. The smallest absolute Gasteiger partial charge is 0.348 e. The minimum atomic E-state index is -0.784. The molecule has 4 fully saturated rings. The van der Waals surface area contributed by atoms with Crippen LogP contribution >= 0.6 is 0 Å². The Morgan fingerprint density at radius 2 is 1.97 bits per heavy atom. The molecule has 0 aromatic heterocycles. The van der Waals surface area contributed by atoms with Gasteiger partial charge in [0, 0.05) is 18.3 Å². The first-order valence-corrected chi connectivity index (χ1v) is 12.2. The van der Waals surface area contributed by atoms with Crippen LogP contribution in [0.15, 0.2) is 22.8 Å². The predicted octanol–water partition coefficient (Wildman–Crippen LogP) is 4.19. The van der Waals surface area contributed by atoms with E-state index in [2.05, 4.69) is 26.0 Å². The van der Waals surface area contributed by atoms with Gasteiger partial charge in [-0.25, -0.2) is 4.79 Å². The number of esters is 1. The van der Waals surface area contributed by atoms with E-state index in [9.17, 15) is 15.2 Å². The highest BCUT2D eigenvalue weighted by Crippen LogP contribution is 2.68. The first-order valence-electron chi connectivity index (χ1n) is 12.2. The summed E-state index contributed by atoms with van der Waals surface area (Å²) in [6, 6.07) is 2.15. The van der Waals surface area contributed by atoms with E-state index in [0.29, 0.717) is 19.6 Å². The standard InChI is InChI=1S/C26H35NO5/c1-4-30-22(28)18(16-27)19-7-8-20-21-6-5-17-15-25(31-13-14-32-25)11-10-24(17,3)26(21,29)12-9-23(19,20)2/h5,20-21,29H,4,6-15H2,1-3H3/b19-18+/t20-,21-,23+,24-,26+/m0/s1. The molecular formula is C26H35NO5. The molecule has 3 saturated carbocycles. The molecule has 6 nitrogen and oxygen atoms in total. The second-order valence-corrected chi connectivity index (χ2v) is 10.9. The van der Waals surface area contributed by atoms with Crippen LogP contribution in [-0.2, 0) is 19.0 Å². The number of aliphatic hydroxyl groups is 1. The monoisotopic (exact) mass is 441 g/mol. The van der Waals surface area contributed by atoms with E-state index in [4.69, 9.17) is 14.2 Å². The Morgan fingerprint density at radius 3 is 2.66 bits per heavy atom. The van der Waals surface area contributed by atoms with Crippen molar-refractivity contribution in [3.63, 3.8) is 0 Å². The number of hydrogen-bond donors (Lipinski definition) is 1. The van der Waals surface area contributed by atoms with E-state index in [1.807, 2.05) is 0 Å². The molecular weight excluding hydrogens is 406 g/mol. The third kappa shape index (κ3) is 2.84. The Kier molecular flexibility index (Phi) is 5.13. The van der Waals surface area contributed by atoms with Crippen LogP contribution in [-0.4, -0.2) is 42.3 Å². The van der Waals surface area contributed by atoms with Crippen molar-refractivity contribution in [2.75, 3.05) is 19.8 Å². The average molecular weight is 442 g/mol. The molecule has 5 atom stereocenters. The van der Waals surface area contributed by atoms with Gasteiger partial charge in [0.2, 0.25) is 0 Å². The van der Waals surface area contributed by atoms with Gasteiger partial charge in [-0.15, -0.1) is 0 Å². The summed E-state index contributed by atoms with van der Waals surface area (Å²) >= 11 is 0. The molecule has 5 rings (SSSR count). The Bertz CT molecular complexity index is 925. The van der Waals surface area contributed by atoms with Crippen molar-refractivity contribution in [1.82, 2.24) is 0 Å². The number of allylic oxidation sites excluding steroid dienone is 2. The topological polar surface area (TPSA) is 88.8 Å². The van der Waals surface area contributed by atoms with E-state index in [0.717, 1.165) is 50.5 Å². The number of fused-ring (bicyclic) bond motifs is 5. The fourth-order valence-corrected chi connectivity index (χ4v) is 7.95. The van der Waals surface area contributed by atoms with Crippen molar-refractivity contribution < 1.29 is 24.1 Å². The van der Waals surface area contributed by atoms with Crippen LogP contribution in [0.2, 0.25) is 0 Å². The first-order chi connectivity index (χ1) is 15.2. The van der Waals surface area contributed by atoms with Crippen molar-refractivity contribution in [3.8, 4) is 6.07 Å². The van der Waals surface area contributed by atoms with E-state index < -0.39 is 17.4 Å². The minimum Gasteiger partial charge on any atom is -0.462 e. The Labute approximate surface area is 190 Å². The lowest BCUT2D eigenvalue weighted by Gasteiger charge is -2.63. The van der Waals surface area contributed by atoms with Gasteiger partial charge in [0.05, 0.1) is 25.4 Å². The maximum atomic E-state index is 12.5. The number of ether oxygens (including phenoxy) is 3. The maximum Gasteiger partial charge on any atom is 0.348 e. The van der Waals surface area contributed by atoms with Crippen LogP contribution in [0.5, 0.6) is 0 Å². The molecule has 0 radical (unpaired) electrons. The second-order valence-electron chi connectivity index (χ2n) is 10.9.